The zero-order valence-corrected chi connectivity index (χ0v) is 11.1. The molecule has 0 spiro atoms. The maximum atomic E-state index is 5.81. The summed E-state index contributed by atoms with van der Waals surface area (Å²) in [4.78, 5) is 4.10. The summed E-state index contributed by atoms with van der Waals surface area (Å²) in [6.07, 6.45) is 0. The minimum absolute atomic E-state index is 0.177. The van der Waals surface area contributed by atoms with Gasteiger partial charge in [-0.25, -0.2) is 4.98 Å². The largest absolute Gasteiger partial charge is 0.398 e. The van der Waals surface area contributed by atoms with E-state index in [-0.39, 0.29) is 5.82 Å². The number of nitrogens with zero attached hydrogens (tertiary/aromatic N) is 2. The molecule has 0 atom stereocenters. The number of alkyl halides is 3. The molecule has 1 heterocycles. The Balaban J connectivity index is 2.40. The fraction of sp³-hybridized carbons (Fsp3) is 0.200. The number of nitrogen functional groups attached to an aromatic ring is 1. The molecular formula is C10H9Cl3N4. The van der Waals surface area contributed by atoms with Crippen LogP contribution in [0.5, 0.6) is 0 Å². The minimum atomic E-state index is -1.61. The number of aromatic amines is 1. The molecule has 0 amide bonds. The van der Waals surface area contributed by atoms with Crippen LogP contribution in [-0.4, -0.2) is 15.2 Å². The van der Waals surface area contributed by atoms with Crippen LogP contribution in [0.3, 0.4) is 0 Å². The van der Waals surface area contributed by atoms with Crippen molar-refractivity contribution in [1.29, 1.82) is 0 Å². The van der Waals surface area contributed by atoms with Gasteiger partial charge in [-0.05, 0) is 18.6 Å². The van der Waals surface area contributed by atoms with E-state index in [9.17, 15) is 0 Å². The first kappa shape index (κ1) is 12.5. The first-order valence-electron chi connectivity index (χ1n) is 4.74. The molecule has 3 N–H and O–H groups in total. The Kier molecular flexibility index (Phi) is 3.21. The number of aromatic nitrogens is 3. The number of halogens is 3. The number of hydrogen-bond donors (Lipinski definition) is 2. The lowest BCUT2D eigenvalue weighted by Gasteiger charge is -2.04. The maximum absolute atomic E-state index is 5.81. The first-order valence-corrected chi connectivity index (χ1v) is 5.87. The second-order valence-electron chi connectivity index (χ2n) is 3.58. The molecule has 90 valence electrons. The second-order valence-corrected chi connectivity index (χ2v) is 5.86. The number of nitrogens with two attached hydrogens (primary N) is 1. The van der Waals surface area contributed by atoms with Gasteiger partial charge in [-0.15, -0.1) is 0 Å². The fourth-order valence-corrected chi connectivity index (χ4v) is 1.55. The van der Waals surface area contributed by atoms with Crippen molar-refractivity contribution in [3.8, 4) is 11.4 Å². The van der Waals surface area contributed by atoms with Crippen molar-refractivity contribution in [2.75, 3.05) is 5.73 Å². The van der Waals surface area contributed by atoms with Gasteiger partial charge in [0.1, 0.15) is 0 Å². The van der Waals surface area contributed by atoms with Crippen molar-refractivity contribution in [1.82, 2.24) is 15.2 Å². The standard InChI is InChI=1S/C10H9Cl3N4/c1-5-2-3-6(4-7(5)14)8-15-9(17-16-8)10(11,12)13/h2-4H,14H2,1H3,(H,15,16,17). The van der Waals surface area contributed by atoms with Crippen LogP contribution >= 0.6 is 34.8 Å². The number of aryl methyl sites for hydroxylation is 1. The van der Waals surface area contributed by atoms with Gasteiger partial charge in [-0.3, -0.25) is 5.10 Å². The fourth-order valence-electron chi connectivity index (χ4n) is 1.30. The highest BCUT2D eigenvalue weighted by atomic mass is 35.6. The topological polar surface area (TPSA) is 67.6 Å². The van der Waals surface area contributed by atoms with E-state index in [0.717, 1.165) is 11.1 Å². The van der Waals surface area contributed by atoms with Crippen LogP contribution in [0.1, 0.15) is 11.4 Å². The highest BCUT2D eigenvalue weighted by molar-refractivity contribution is 6.66. The van der Waals surface area contributed by atoms with E-state index < -0.39 is 3.79 Å². The van der Waals surface area contributed by atoms with E-state index in [4.69, 9.17) is 40.5 Å². The average molecular weight is 292 g/mol. The first-order chi connectivity index (χ1) is 7.88. The molecule has 1 aromatic carbocycles. The molecule has 2 rings (SSSR count). The molecule has 7 heteroatoms. The van der Waals surface area contributed by atoms with Crippen molar-refractivity contribution >= 4 is 40.5 Å². The number of H-pyrrole nitrogens is 1. The Morgan fingerprint density at radius 2 is 2.00 bits per heavy atom. The van der Waals surface area contributed by atoms with Gasteiger partial charge in [-0.2, -0.15) is 5.10 Å². The van der Waals surface area contributed by atoms with Gasteiger partial charge in [0, 0.05) is 11.3 Å². The summed E-state index contributed by atoms with van der Waals surface area (Å²) < 4.78 is -1.61. The van der Waals surface area contributed by atoms with Crippen LogP contribution < -0.4 is 5.73 Å². The van der Waals surface area contributed by atoms with E-state index >= 15 is 0 Å². The van der Waals surface area contributed by atoms with E-state index in [1.807, 2.05) is 19.1 Å². The van der Waals surface area contributed by atoms with Crippen molar-refractivity contribution in [2.24, 2.45) is 0 Å². The Hall–Kier alpha value is -0.970. The number of anilines is 1. The lowest BCUT2D eigenvalue weighted by Crippen LogP contribution is -2.02. The quantitative estimate of drug-likeness (QED) is 0.626. The van der Waals surface area contributed by atoms with Crippen molar-refractivity contribution in [3.05, 3.63) is 29.6 Å². The molecule has 0 unspecified atom stereocenters. The van der Waals surface area contributed by atoms with E-state index in [1.165, 1.54) is 0 Å². The van der Waals surface area contributed by atoms with Gasteiger partial charge < -0.3 is 5.73 Å². The normalized spacial score (nSPS) is 11.8. The third-order valence-electron chi connectivity index (χ3n) is 2.29. The molecule has 17 heavy (non-hydrogen) atoms. The van der Waals surface area contributed by atoms with Crippen molar-refractivity contribution < 1.29 is 0 Å². The van der Waals surface area contributed by atoms with E-state index in [0.29, 0.717) is 11.5 Å². The molecule has 4 nitrogen and oxygen atoms in total. The monoisotopic (exact) mass is 290 g/mol. The smallest absolute Gasteiger partial charge is 0.249 e. The Labute approximate surface area is 113 Å². The van der Waals surface area contributed by atoms with Crippen LogP contribution in [0.2, 0.25) is 0 Å². The molecule has 2 aromatic rings. The Bertz CT molecular complexity index is 545. The highest BCUT2D eigenvalue weighted by Gasteiger charge is 2.27. The molecule has 0 fully saturated rings. The summed E-state index contributed by atoms with van der Waals surface area (Å²) in [7, 11) is 0. The van der Waals surface area contributed by atoms with Gasteiger partial charge in [0.15, 0.2) is 11.6 Å². The van der Waals surface area contributed by atoms with Gasteiger partial charge in [0.25, 0.3) is 0 Å². The van der Waals surface area contributed by atoms with Crippen molar-refractivity contribution in [2.45, 2.75) is 10.7 Å². The summed E-state index contributed by atoms with van der Waals surface area (Å²) in [5.74, 6) is 0.620. The predicted molar refractivity (Wildman–Crippen MR) is 70.2 cm³/mol. The number of nitrogens with one attached hydrogen (secondary N) is 1. The van der Waals surface area contributed by atoms with E-state index in [2.05, 4.69) is 15.2 Å². The summed E-state index contributed by atoms with van der Waals surface area (Å²) in [5.41, 5.74) is 8.24. The lowest BCUT2D eigenvalue weighted by atomic mass is 10.1. The summed E-state index contributed by atoms with van der Waals surface area (Å²) >= 11 is 17.1. The Morgan fingerprint density at radius 1 is 1.29 bits per heavy atom. The molecule has 0 radical (unpaired) electrons. The van der Waals surface area contributed by atoms with Gasteiger partial charge in [0.2, 0.25) is 3.79 Å². The maximum Gasteiger partial charge on any atom is 0.249 e. The van der Waals surface area contributed by atoms with Gasteiger partial charge in [-0.1, -0.05) is 46.9 Å². The third-order valence-corrected chi connectivity index (χ3v) is 2.83. The Morgan fingerprint density at radius 3 is 2.53 bits per heavy atom. The minimum Gasteiger partial charge on any atom is -0.398 e. The van der Waals surface area contributed by atoms with Crippen LogP contribution in [0, 0.1) is 6.92 Å². The van der Waals surface area contributed by atoms with Crippen LogP contribution in [0.15, 0.2) is 18.2 Å². The third kappa shape index (κ3) is 2.65. The predicted octanol–water partition coefficient (Wildman–Crippen LogP) is 3.19. The highest BCUT2D eigenvalue weighted by Crippen LogP contribution is 2.36. The number of hydrogen-bond acceptors (Lipinski definition) is 3. The zero-order chi connectivity index (χ0) is 12.6. The summed E-state index contributed by atoms with van der Waals surface area (Å²) in [6, 6.07) is 5.52. The number of rotatable bonds is 1. The lowest BCUT2D eigenvalue weighted by molar-refractivity contribution is 0.974. The summed E-state index contributed by atoms with van der Waals surface area (Å²) in [6.45, 7) is 1.92. The molecule has 0 aliphatic carbocycles. The molecule has 0 aliphatic rings. The second kappa shape index (κ2) is 4.37. The van der Waals surface area contributed by atoms with Crippen LogP contribution in [0.25, 0.3) is 11.4 Å². The SMILES string of the molecule is Cc1ccc(-c2n[nH]c(C(Cl)(Cl)Cl)n2)cc1N. The number of benzene rings is 1. The molecule has 0 saturated carbocycles. The molecular weight excluding hydrogens is 282 g/mol. The molecule has 1 aromatic heterocycles. The van der Waals surface area contributed by atoms with Crippen LogP contribution in [0.4, 0.5) is 5.69 Å². The van der Waals surface area contributed by atoms with Crippen LogP contribution in [-0.2, 0) is 3.79 Å². The molecule has 0 saturated heterocycles. The zero-order valence-electron chi connectivity index (χ0n) is 8.84. The average Bonchev–Trinajstić information content (AvgIpc) is 2.70. The molecule has 0 bridgehead atoms. The van der Waals surface area contributed by atoms with Gasteiger partial charge >= 0.3 is 0 Å². The molecule has 0 aliphatic heterocycles. The van der Waals surface area contributed by atoms with Crippen molar-refractivity contribution in [3.63, 3.8) is 0 Å². The van der Waals surface area contributed by atoms with E-state index in [1.54, 1.807) is 6.07 Å². The van der Waals surface area contributed by atoms with Gasteiger partial charge in [0.05, 0.1) is 0 Å². The summed E-state index contributed by atoms with van der Waals surface area (Å²) in [5, 5.41) is 6.56.